The number of carboxylic acids is 1. The number of morpholine rings is 1. The molecule has 1 fully saturated rings. The third-order valence-corrected chi connectivity index (χ3v) is 4.34. The highest BCUT2D eigenvalue weighted by Crippen LogP contribution is 2.16. The summed E-state index contributed by atoms with van der Waals surface area (Å²) >= 11 is 0. The highest BCUT2D eigenvalue weighted by molar-refractivity contribution is 5.97. The lowest BCUT2D eigenvalue weighted by atomic mass is 10.0. The van der Waals surface area contributed by atoms with Crippen LogP contribution in [0.25, 0.3) is 0 Å². The van der Waals surface area contributed by atoms with Crippen molar-refractivity contribution in [2.45, 2.75) is 33.4 Å². The first-order chi connectivity index (χ1) is 12.3. The van der Waals surface area contributed by atoms with Crippen LogP contribution in [0.2, 0.25) is 0 Å². The molecule has 138 valence electrons. The average molecular weight is 358 g/mol. The molecule has 1 amide bonds. The molecule has 0 aliphatic carbocycles. The lowest BCUT2D eigenvalue weighted by molar-refractivity contribution is -0.0303. The quantitative estimate of drug-likeness (QED) is 0.888. The Balaban J connectivity index is 1.74. The lowest BCUT2D eigenvalue weighted by Crippen LogP contribution is -2.47. The predicted molar refractivity (Wildman–Crippen MR) is 93.3 cm³/mol. The van der Waals surface area contributed by atoms with Gasteiger partial charge >= 0.3 is 5.97 Å². The van der Waals surface area contributed by atoms with Gasteiger partial charge in [-0.2, -0.15) is 5.10 Å². The Morgan fingerprint density at radius 1 is 1.23 bits per heavy atom. The van der Waals surface area contributed by atoms with Crippen LogP contribution in [0.15, 0.2) is 18.2 Å². The minimum absolute atomic E-state index is 0.117. The first-order valence-corrected chi connectivity index (χ1v) is 8.47. The second kappa shape index (κ2) is 7.25. The van der Waals surface area contributed by atoms with Gasteiger partial charge in [0.25, 0.3) is 5.91 Å². The van der Waals surface area contributed by atoms with Gasteiger partial charge in [0.1, 0.15) is 11.6 Å². The molecular weight excluding hydrogens is 336 g/mol. The molecule has 0 radical (unpaired) electrons. The predicted octanol–water partition coefficient (Wildman–Crippen LogP) is 1.44. The number of benzene rings is 1. The highest BCUT2D eigenvalue weighted by atomic mass is 16.5. The molecule has 1 saturated heterocycles. The number of aryl methyl sites for hydroxylation is 3. The number of carboxylic acid groups (broad SMARTS) is 1. The molecule has 2 aromatic rings. The van der Waals surface area contributed by atoms with E-state index in [1.165, 1.54) is 6.07 Å². The number of aromatic carboxylic acids is 1. The van der Waals surface area contributed by atoms with Gasteiger partial charge < -0.3 is 14.7 Å². The summed E-state index contributed by atoms with van der Waals surface area (Å²) in [5, 5.41) is 13.5. The van der Waals surface area contributed by atoms with E-state index in [1.807, 2.05) is 13.8 Å². The summed E-state index contributed by atoms with van der Waals surface area (Å²) in [5.41, 5.74) is 1.24. The summed E-state index contributed by atoms with van der Waals surface area (Å²) in [7, 11) is 0. The number of ether oxygens (including phenoxy) is 1. The molecule has 1 aromatic heterocycles. The zero-order valence-electron chi connectivity index (χ0n) is 15.1. The van der Waals surface area contributed by atoms with E-state index in [1.54, 1.807) is 28.6 Å². The Bertz CT molecular complexity index is 846. The number of nitrogens with zero attached hydrogens (tertiary/aromatic N) is 4. The molecule has 0 bridgehead atoms. The molecule has 2 heterocycles. The van der Waals surface area contributed by atoms with Crippen molar-refractivity contribution in [3.63, 3.8) is 0 Å². The van der Waals surface area contributed by atoms with E-state index in [4.69, 9.17) is 4.74 Å². The Hall–Kier alpha value is -2.74. The number of hydrogen-bond acceptors (Lipinski definition) is 5. The molecule has 8 heteroatoms. The zero-order chi connectivity index (χ0) is 18.8. The Kier molecular flexibility index (Phi) is 5.03. The maximum Gasteiger partial charge on any atom is 0.335 e. The molecule has 1 unspecified atom stereocenters. The lowest BCUT2D eigenvalue weighted by Gasteiger charge is -2.33. The van der Waals surface area contributed by atoms with Gasteiger partial charge in [0.15, 0.2) is 0 Å². The van der Waals surface area contributed by atoms with Crippen LogP contribution in [0.4, 0.5) is 0 Å². The largest absolute Gasteiger partial charge is 0.478 e. The van der Waals surface area contributed by atoms with Gasteiger partial charge in [-0.3, -0.25) is 4.79 Å². The minimum atomic E-state index is -1.04. The van der Waals surface area contributed by atoms with E-state index in [9.17, 15) is 14.7 Å². The van der Waals surface area contributed by atoms with Crippen LogP contribution in [0.1, 0.15) is 37.9 Å². The summed E-state index contributed by atoms with van der Waals surface area (Å²) in [6.45, 7) is 7.34. The minimum Gasteiger partial charge on any atom is -0.478 e. The summed E-state index contributed by atoms with van der Waals surface area (Å²) in [6.07, 6.45) is -0.184. The summed E-state index contributed by atoms with van der Waals surface area (Å²) in [6, 6.07) is 4.69. The maximum absolute atomic E-state index is 12.8. The van der Waals surface area contributed by atoms with Crippen molar-refractivity contribution >= 4 is 11.9 Å². The number of carbonyl (C=O) groups excluding carboxylic acids is 1. The van der Waals surface area contributed by atoms with Crippen molar-refractivity contribution in [3.8, 4) is 0 Å². The normalized spacial score (nSPS) is 17.3. The van der Waals surface area contributed by atoms with E-state index in [0.29, 0.717) is 37.6 Å². The van der Waals surface area contributed by atoms with Crippen molar-refractivity contribution < 1.29 is 19.4 Å². The Labute approximate surface area is 151 Å². The molecule has 1 aromatic carbocycles. The first-order valence-electron chi connectivity index (χ1n) is 8.47. The van der Waals surface area contributed by atoms with E-state index in [0.717, 1.165) is 11.4 Å². The van der Waals surface area contributed by atoms with Crippen molar-refractivity contribution in [2.24, 2.45) is 0 Å². The van der Waals surface area contributed by atoms with Gasteiger partial charge in [-0.1, -0.05) is 0 Å². The van der Waals surface area contributed by atoms with Gasteiger partial charge in [-0.05, 0) is 44.5 Å². The Morgan fingerprint density at radius 2 is 1.96 bits per heavy atom. The number of hydrogen-bond donors (Lipinski definition) is 1. The second-order valence-electron chi connectivity index (χ2n) is 6.53. The van der Waals surface area contributed by atoms with Crippen molar-refractivity contribution in [3.05, 3.63) is 46.5 Å². The fourth-order valence-electron chi connectivity index (χ4n) is 3.15. The van der Waals surface area contributed by atoms with Crippen LogP contribution in [-0.4, -0.2) is 62.4 Å². The molecule has 8 nitrogen and oxygen atoms in total. The summed E-state index contributed by atoms with van der Waals surface area (Å²) in [4.78, 5) is 30.0. The van der Waals surface area contributed by atoms with Gasteiger partial charge in [0.2, 0.25) is 0 Å². The second-order valence-corrected chi connectivity index (χ2v) is 6.53. The SMILES string of the molecule is Cc1cc(C(=O)O)cc(C(=O)N2CCOC(Cn3nc(C)nc3C)C2)c1. The third-order valence-electron chi connectivity index (χ3n) is 4.34. The van der Waals surface area contributed by atoms with Crippen LogP contribution >= 0.6 is 0 Å². The standard InChI is InChI=1S/C18H22N4O4/c1-11-6-14(8-15(7-11)18(24)25)17(23)21-4-5-26-16(9-21)10-22-13(3)19-12(2)20-22/h6-8,16H,4-5,9-10H2,1-3H3,(H,24,25). The van der Waals surface area contributed by atoms with Crippen molar-refractivity contribution in [1.29, 1.82) is 0 Å². The smallest absolute Gasteiger partial charge is 0.335 e. The average Bonchev–Trinajstić information content (AvgIpc) is 2.91. The number of aromatic nitrogens is 3. The fraction of sp³-hybridized carbons (Fsp3) is 0.444. The molecule has 1 aliphatic rings. The fourth-order valence-corrected chi connectivity index (χ4v) is 3.15. The van der Waals surface area contributed by atoms with Crippen LogP contribution in [0.3, 0.4) is 0 Å². The topological polar surface area (TPSA) is 97.6 Å². The van der Waals surface area contributed by atoms with Gasteiger partial charge in [-0.15, -0.1) is 0 Å². The molecule has 26 heavy (non-hydrogen) atoms. The number of amides is 1. The Morgan fingerprint density at radius 3 is 2.62 bits per heavy atom. The van der Waals surface area contributed by atoms with Crippen LogP contribution in [0.5, 0.6) is 0 Å². The molecule has 3 rings (SSSR count). The maximum atomic E-state index is 12.8. The van der Waals surface area contributed by atoms with Crippen molar-refractivity contribution in [1.82, 2.24) is 19.7 Å². The van der Waals surface area contributed by atoms with Crippen LogP contribution < -0.4 is 0 Å². The molecule has 1 aliphatic heterocycles. The molecule has 1 N–H and O–H groups in total. The van der Waals surface area contributed by atoms with Crippen molar-refractivity contribution in [2.75, 3.05) is 19.7 Å². The number of carbonyl (C=O) groups is 2. The van der Waals surface area contributed by atoms with E-state index >= 15 is 0 Å². The molecule has 0 spiro atoms. The van der Waals surface area contributed by atoms with Crippen LogP contribution in [0, 0.1) is 20.8 Å². The van der Waals surface area contributed by atoms with Gasteiger partial charge in [0, 0.05) is 18.7 Å². The van der Waals surface area contributed by atoms with Gasteiger partial charge in [0.05, 0.1) is 24.8 Å². The van der Waals surface area contributed by atoms with E-state index in [-0.39, 0.29) is 17.6 Å². The molecular formula is C18H22N4O4. The monoisotopic (exact) mass is 358 g/mol. The van der Waals surface area contributed by atoms with E-state index in [2.05, 4.69) is 10.1 Å². The number of rotatable bonds is 4. The third kappa shape index (κ3) is 3.91. The zero-order valence-corrected chi connectivity index (χ0v) is 15.1. The van der Waals surface area contributed by atoms with E-state index < -0.39 is 5.97 Å². The molecule has 1 atom stereocenters. The highest BCUT2D eigenvalue weighted by Gasteiger charge is 2.26. The first kappa shape index (κ1) is 18.1. The summed E-state index contributed by atoms with van der Waals surface area (Å²) in [5.74, 6) is 0.280. The van der Waals surface area contributed by atoms with Crippen LogP contribution in [-0.2, 0) is 11.3 Å². The van der Waals surface area contributed by atoms with Gasteiger partial charge in [-0.25, -0.2) is 14.5 Å². The molecule has 0 saturated carbocycles. The summed E-state index contributed by atoms with van der Waals surface area (Å²) < 4.78 is 7.55.